The van der Waals surface area contributed by atoms with Crippen LogP contribution >= 0.6 is 11.8 Å². The summed E-state index contributed by atoms with van der Waals surface area (Å²) < 4.78 is 0. The van der Waals surface area contributed by atoms with Crippen LogP contribution < -0.4 is 5.32 Å². The molecule has 0 saturated carbocycles. The molecule has 1 aromatic carbocycles. The van der Waals surface area contributed by atoms with Crippen LogP contribution in [-0.4, -0.2) is 35.6 Å². The molecule has 0 radical (unpaired) electrons. The zero-order valence-corrected chi connectivity index (χ0v) is 16.6. The van der Waals surface area contributed by atoms with Crippen LogP contribution in [0.5, 0.6) is 0 Å². The number of benzene rings is 1. The number of carbonyl (C=O) groups is 2. The van der Waals surface area contributed by atoms with Crippen molar-refractivity contribution in [3.05, 3.63) is 24.3 Å². The van der Waals surface area contributed by atoms with Crippen molar-refractivity contribution in [3.8, 4) is 6.07 Å². The van der Waals surface area contributed by atoms with Crippen molar-refractivity contribution >= 4 is 29.3 Å². The average Bonchev–Trinajstić information content (AvgIpc) is 2.62. The first-order valence-corrected chi connectivity index (χ1v) is 10.0. The molecule has 1 aliphatic rings. The van der Waals surface area contributed by atoms with E-state index in [0.717, 1.165) is 30.0 Å². The van der Waals surface area contributed by atoms with Gasteiger partial charge in [0, 0.05) is 35.6 Å². The molecule has 1 N–H and O–H groups in total. The average molecular weight is 374 g/mol. The van der Waals surface area contributed by atoms with Gasteiger partial charge in [0.25, 0.3) is 0 Å². The van der Waals surface area contributed by atoms with Crippen molar-refractivity contribution in [2.24, 2.45) is 11.3 Å². The van der Waals surface area contributed by atoms with Gasteiger partial charge in [-0.25, -0.2) is 0 Å². The molecule has 1 unspecified atom stereocenters. The van der Waals surface area contributed by atoms with Gasteiger partial charge in [-0.15, -0.1) is 11.8 Å². The number of thioether (sulfide) groups is 1. The standard InChI is InChI=1S/C20H27N3O2S/c1-20(2,3)19(25)23-12-6-8-15(14-23)18(24)22-16-9-4-5-10-17(16)26-13-7-11-21/h4-5,9-10,15H,6-8,12-14H2,1-3H3,(H,22,24). The zero-order valence-electron chi connectivity index (χ0n) is 15.7. The van der Waals surface area contributed by atoms with Crippen LogP contribution in [0.25, 0.3) is 0 Å². The van der Waals surface area contributed by atoms with Crippen molar-refractivity contribution < 1.29 is 9.59 Å². The minimum absolute atomic E-state index is 0.0373. The number of hydrogen-bond donors (Lipinski definition) is 1. The van der Waals surface area contributed by atoms with Crippen LogP contribution in [0.4, 0.5) is 5.69 Å². The third-order valence-corrected chi connectivity index (χ3v) is 5.41. The van der Waals surface area contributed by atoms with Gasteiger partial charge < -0.3 is 10.2 Å². The topological polar surface area (TPSA) is 73.2 Å². The molecule has 140 valence electrons. The van der Waals surface area contributed by atoms with E-state index in [1.807, 2.05) is 49.9 Å². The van der Waals surface area contributed by atoms with Crippen LogP contribution in [0.15, 0.2) is 29.2 Å². The molecule has 0 aliphatic carbocycles. The van der Waals surface area contributed by atoms with Crippen LogP contribution in [-0.2, 0) is 9.59 Å². The SMILES string of the molecule is CC(C)(C)C(=O)N1CCCC(C(=O)Nc2ccccc2SCCC#N)C1. The molecule has 2 amide bonds. The fraction of sp³-hybridized carbons (Fsp3) is 0.550. The highest BCUT2D eigenvalue weighted by Crippen LogP contribution is 2.29. The Morgan fingerprint density at radius 2 is 2.08 bits per heavy atom. The quantitative estimate of drug-likeness (QED) is 0.627. The van der Waals surface area contributed by atoms with E-state index in [0.29, 0.717) is 18.7 Å². The highest BCUT2D eigenvalue weighted by molar-refractivity contribution is 7.99. The third kappa shape index (κ3) is 5.50. The Hall–Kier alpha value is -2.00. The first-order chi connectivity index (χ1) is 12.3. The van der Waals surface area contributed by atoms with Gasteiger partial charge in [0.1, 0.15) is 0 Å². The number of anilines is 1. The second-order valence-corrected chi connectivity index (χ2v) is 8.72. The second-order valence-electron chi connectivity index (χ2n) is 7.58. The molecule has 1 atom stereocenters. The number of nitrogens with zero attached hydrogens (tertiary/aromatic N) is 2. The summed E-state index contributed by atoms with van der Waals surface area (Å²) in [5.74, 6) is 0.570. The number of hydrogen-bond acceptors (Lipinski definition) is 4. The molecule has 1 aromatic rings. The lowest BCUT2D eigenvalue weighted by atomic mass is 9.91. The minimum Gasteiger partial charge on any atom is -0.341 e. The van der Waals surface area contributed by atoms with Crippen LogP contribution in [0.3, 0.4) is 0 Å². The molecule has 0 spiro atoms. The second kappa shape index (κ2) is 9.09. The molecule has 1 heterocycles. The maximum Gasteiger partial charge on any atom is 0.229 e. The number of rotatable bonds is 5. The van der Waals surface area contributed by atoms with Crippen LogP contribution in [0.2, 0.25) is 0 Å². The summed E-state index contributed by atoms with van der Waals surface area (Å²) in [6, 6.07) is 9.78. The molecule has 1 saturated heterocycles. The van der Waals surface area contributed by atoms with E-state index in [4.69, 9.17) is 5.26 Å². The van der Waals surface area contributed by atoms with E-state index < -0.39 is 5.41 Å². The fourth-order valence-corrected chi connectivity index (χ4v) is 3.85. The maximum atomic E-state index is 12.8. The monoisotopic (exact) mass is 373 g/mol. The van der Waals surface area contributed by atoms with Crippen molar-refractivity contribution in [1.82, 2.24) is 4.90 Å². The number of nitriles is 1. The Kier molecular flexibility index (Phi) is 7.10. The van der Waals surface area contributed by atoms with Crippen LogP contribution in [0, 0.1) is 22.7 Å². The van der Waals surface area contributed by atoms with Crippen molar-refractivity contribution in [1.29, 1.82) is 5.26 Å². The summed E-state index contributed by atoms with van der Waals surface area (Å²) in [4.78, 5) is 28.1. The molecule has 5 nitrogen and oxygen atoms in total. The lowest BCUT2D eigenvalue weighted by Gasteiger charge is -2.36. The summed E-state index contributed by atoms with van der Waals surface area (Å²) in [6.07, 6.45) is 2.11. The largest absolute Gasteiger partial charge is 0.341 e. The number of carbonyl (C=O) groups excluding carboxylic acids is 2. The highest BCUT2D eigenvalue weighted by atomic mass is 32.2. The predicted molar refractivity (Wildman–Crippen MR) is 105 cm³/mol. The van der Waals surface area contributed by atoms with Gasteiger partial charge in [-0.3, -0.25) is 9.59 Å². The molecule has 1 aliphatic heterocycles. The summed E-state index contributed by atoms with van der Waals surface area (Å²) in [5.41, 5.74) is 0.349. The van der Waals surface area contributed by atoms with Crippen molar-refractivity contribution in [2.45, 2.75) is 44.9 Å². The van der Waals surface area contributed by atoms with Gasteiger partial charge in [-0.05, 0) is 25.0 Å². The molecule has 0 aromatic heterocycles. The summed E-state index contributed by atoms with van der Waals surface area (Å²) in [6.45, 7) is 6.93. The van der Waals surface area contributed by atoms with Crippen LogP contribution in [0.1, 0.15) is 40.0 Å². The van der Waals surface area contributed by atoms with E-state index in [9.17, 15) is 9.59 Å². The Morgan fingerprint density at radius 3 is 2.77 bits per heavy atom. The first kappa shape index (κ1) is 20.3. The maximum absolute atomic E-state index is 12.8. The van der Waals surface area contributed by atoms with Crippen molar-refractivity contribution in [2.75, 3.05) is 24.2 Å². The number of amides is 2. The zero-order chi connectivity index (χ0) is 19.2. The van der Waals surface area contributed by atoms with E-state index >= 15 is 0 Å². The lowest BCUT2D eigenvalue weighted by Crippen LogP contribution is -2.47. The minimum atomic E-state index is -0.428. The number of likely N-dealkylation sites (tertiary alicyclic amines) is 1. The summed E-state index contributed by atoms with van der Waals surface area (Å²) >= 11 is 1.57. The number of nitrogens with one attached hydrogen (secondary N) is 1. The van der Waals surface area contributed by atoms with Crippen molar-refractivity contribution in [3.63, 3.8) is 0 Å². The normalized spacial score (nSPS) is 17.5. The van der Waals surface area contributed by atoms with Gasteiger partial charge >= 0.3 is 0 Å². The Labute approximate surface area is 160 Å². The summed E-state index contributed by atoms with van der Waals surface area (Å²) in [7, 11) is 0. The number of para-hydroxylation sites is 1. The smallest absolute Gasteiger partial charge is 0.229 e. The molecule has 26 heavy (non-hydrogen) atoms. The lowest BCUT2D eigenvalue weighted by molar-refractivity contribution is -0.142. The Bertz CT molecular complexity index is 691. The number of piperidine rings is 1. The third-order valence-electron chi connectivity index (χ3n) is 4.34. The summed E-state index contributed by atoms with van der Waals surface area (Å²) in [5, 5.41) is 11.7. The van der Waals surface area contributed by atoms with Gasteiger partial charge in [0.2, 0.25) is 11.8 Å². The molecule has 6 heteroatoms. The fourth-order valence-electron chi connectivity index (χ4n) is 2.99. The molecular weight excluding hydrogens is 346 g/mol. The molecular formula is C20H27N3O2S. The van der Waals surface area contributed by atoms with Gasteiger partial charge in [-0.2, -0.15) is 5.26 Å². The van der Waals surface area contributed by atoms with E-state index in [1.54, 1.807) is 11.8 Å². The highest BCUT2D eigenvalue weighted by Gasteiger charge is 2.33. The van der Waals surface area contributed by atoms with E-state index in [1.165, 1.54) is 0 Å². The molecule has 2 rings (SSSR count). The van der Waals surface area contributed by atoms with Gasteiger partial charge in [0.05, 0.1) is 17.7 Å². The Balaban J connectivity index is 2.01. The molecule has 0 bridgehead atoms. The Morgan fingerprint density at radius 1 is 1.35 bits per heavy atom. The predicted octanol–water partition coefficient (Wildman–Crippen LogP) is 3.92. The first-order valence-electron chi connectivity index (χ1n) is 9.02. The van der Waals surface area contributed by atoms with E-state index in [-0.39, 0.29) is 17.7 Å². The van der Waals surface area contributed by atoms with E-state index in [2.05, 4.69) is 11.4 Å². The van der Waals surface area contributed by atoms with Gasteiger partial charge in [0.15, 0.2) is 0 Å². The van der Waals surface area contributed by atoms with Gasteiger partial charge in [-0.1, -0.05) is 32.9 Å². The molecule has 1 fully saturated rings.